The zero-order chi connectivity index (χ0) is 19.3. The third-order valence-electron chi connectivity index (χ3n) is 5.77. The first kappa shape index (κ1) is 20.9. The lowest BCUT2D eigenvalue weighted by Crippen LogP contribution is -2.65. The van der Waals surface area contributed by atoms with Crippen molar-refractivity contribution in [1.82, 2.24) is 19.6 Å². The largest absolute Gasteiger partial charge is 0.477 e. The van der Waals surface area contributed by atoms with Gasteiger partial charge in [-0.3, -0.25) is 4.90 Å². The van der Waals surface area contributed by atoms with E-state index in [1.54, 1.807) is 0 Å². The fourth-order valence-corrected chi connectivity index (χ4v) is 3.87. The molecule has 150 valence electrons. The first-order valence-corrected chi connectivity index (χ1v) is 9.72. The van der Waals surface area contributed by atoms with Gasteiger partial charge in [-0.15, -0.1) is 0 Å². The van der Waals surface area contributed by atoms with Gasteiger partial charge in [-0.25, -0.2) is 9.59 Å². The second kappa shape index (κ2) is 9.01. The Morgan fingerprint density at radius 2 is 1.54 bits per heavy atom. The van der Waals surface area contributed by atoms with E-state index in [9.17, 15) is 14.7 Å². The van der Waals surface area contributed by atoms with Crippen LogP contribution in [0.5, 0.6) is 0 Å². The number of hydrogen-bond acceptors (Lipinski definition) is 4. The number of aliphatic carboxylic acids is 1. The molecule has 0 saturated carbocycles. The van der Waals surface area contributed by atoms with Crippen molar-refractivity contribution in [3.63, 3.8) is 0 Å². The minimum Gasteiger partial charge on any atom is -0.477 e. The number of quaternary nitrogens is 1. The molecule has 0 bridgehead atoms. The van der Waals surface area contributed by atoms with Crippen LogP contribution >= 0.6 is 0 Å². The predicted molar refractivity (Wildman–Crippen MR) is 101 cm³/mol. The first-order valence-electron chi connectivity index (χ1n) is 9.72. The van der Waals surface area contributed by atoms with Crippen LogP contribution in [0.15, 0.2) is 0 Å². The highest BCUT2D eigenvalue weighted by molar-refractivity contribution is 5.74. The molecular formula is C18H36N5O3+. The van der Waals surface area contributed by atoms with Crippen LogP contribution in [-0.4, -0.2) is 133 Å². The van der Waals surface area contributed by atoms with Crippen molar-refractivity contribution in [3.05, 3.63) is 0 Å². The molecule has 0 radical (unpaired) electrons. The lowest BCUT2D eigenvalue weighted by molar-refractivity contribution is -0.924. The van der Waals surface area contributed by atoms with E-state index in [4.69, 9.17) is 0 Å². The van der Waals surface area contributed by atoms with Crippen molar-refractivity contribution < 1.29 is 19.2 Å². The lowest BCUT2D eigenvalue weighted by Gasteiger charge is -2.46. The summed E-state index contributed by atoms with van der Waals surface area (Å²) in [5, 5.41) is 9.32. The van der Waals surface area contributed by atoms with Crippen molar-refractivity contribution in [3.8, 4) is 0 Å². The predicted octanol–water partition coefficient (Wildman–Crippen LogP) is -0.0890. The van der Waals surface area contributed by atoms with E-state index in [0.29, 0.717) is 23.6 Å². The molecule has 1 N–H and O–H groups in total. The van der Waals surface area contributed by atoms with Gasteiger partial charge in [0.1, 0.15) is 0 Å². The number of amides is 2. The SMILES string of the molecule is CC(C)N1CCN(C(=O)N2CC[N+](CCN(C)C)(CC(=O)O)CC2)CC1. The van der Waals surface area contributed by atoms with Crippen molar-refractivity contribution in [2.24, 2.45) is 0 Å². The van der Waals surface area contributed by atoms with Crippen LogP contribution < -0.4 is 0 Å². The van der Waals surface area contributed by atoms with Gasteiger partial charge in [-0.05, 0) is 27.9 Å². The summed E-state index contributed by atoms with van der Waals surface area (Å²) in [6.45, 7) is 12.3. The number of carbonyl (C=O) groups is 2. The van der Waals surface area contributed by atoms with Crippen LogP contribution in [0.1, 0.15) is 13.8 Å². The Hall–Kier alpha value is -1.38. The Morgan fingerprint density at radius 3 is 2.00 bits per heavy atom. The summed E-state index contributed by atoms with van der Waals surface area (Å²) >= 11 is 0. The molecule has 0 atom stereocenters. The van der Waals surface area contributed by atoms with Gasteiger partial charge in [0.25, 0.3) is 0 Å². The maximum Gasteiger partial charge on any atom is 0.359 e. The van der Waals surface area contributed by atoms with E-state index in [0.717, 1.165) is 52.4 Å². The summed E-state index contributed by atoms with van der Waals surface area (Å²) in [6.07, 6.45) is 0. The Kier molecular flexibility index (Phi) is 7.25. The van der Waals surface area contributed by atoms with Gasteiger partial charge in [-0.2, -0.15) is 0 Å². The van der Waals surface area contributed by atoms with Gasteiger partial charge in [0, 0.05) is 38.8 Å². The molecule has 2 aliphatic rings. The van der Waals surface area contributed by atoms with Gasteiger partial charge >= 0.3 is 12.0 Å². The van der Waals surface area contributed by atoms with Crippen LogP contribution in [0, 0.1) is 0 Å². The Labute approximate surface area is 157 Å². The van der Waals surface area contributed by atoms with E-state index in [1.807, 2.05) is 23.9 Å². The van der Waals surface area contributed by atoms with E-state index in [-0.39, 0.29) is 12.6 Å². The number of carbonyl (C=O) groups excluding carboxylic acids is 1. The fraction of sp³-hybridized carbons (Fsp3) is 0.889. The topological polar surface area (TPSA) is 67.3 Å². The molecule has 0 aromatic carbocycles. The molecule has 2 heterocycles. The first-order chi connectivity index (χ1) is 12.2. The smallest absolute Gasteiger partial charge is 0.359 e. The van der Waals surface area contributed by atoms with Gasteiger partial charge < -0.3 is 24.3 Å². The van der Waals surface area contributed by atoms with Gasteiger partial charge in [0.2, 0.25) is 0 Å². The molecule has 2 aliphatic heterocycles. The monoisotopic (exact) mass is 370 g/mol. The molecule has 0 aromatic heterocycles. The van der Waals surface area contributed by atoms with E-state index in [1.165, 1.54) is 0 Å². The Balaban J connectivity index is 1.89. The van der Waals surface area contributed by atoms with Crippen molar-refractivity contribution in [1.29, 1.82) is 0 Å². The number of carboxylic acid groups (broad SMARTS) is 1. The Morgan fingerprint density at radius 1 is 1.00 bits per heavy atom. The zero-order valence-electron chi connectivity index (χ0n) is 16.9. The summed E-state index contributed by atoms with van der Waals surface area (Å²) in [5.74, 6) is -0.756. The molecule has 0 aromatic rings. The summed E-state index contributed by atoms with van der Waals surface area (Å²) in [4.78, 5) is 32.5. The molecule has 2 saturated heterocycles. The third kappa shape index (κ3) is 5.56. The third-order valence-corrected chi connectivity index (χ3v) is 5.77. The van der Waals surface area contributed by atoms with Gasteiger partial charge in [-0.1, -0.05) is 0 Å². The standard InChI is InChI=1S/C18H35N5O3/c1-16(2)20-5-7-21(8-6-20)18(26)22-10-13-23(14-11-22,15-17(24)25)12-9-19(3)4/h16H,5-15H2,1-4H3/p+1. The Bertz CT molecular complexity index is 481. The van der Waals surface area contributed by atoms with E-state index >= 15 is 0 Å². The van der Waals surface area contributed by atoms with Crippen LogP contribution in [-0.2, 0) is 4.79 Å². The van der Waals surface area contributed by atoms with Crippen LogP contribution in [0.4, 0.5) is 4.79 Å². The summed E-state index contributed by atoms with van der Waals surface area (Å²) in [5.41, 5.74) is 0. The number of likely N-dealkylation sites (N-methyl/N-ethyl adjacent to an activating group) is 1. The minimum absolute atomic E-state index is 0.120. The quantitative estimate of drug-likeness (QED) is 0.662. The highest BCUT2D eigenvalue weighted by atomic mass is 16.4. The second-order valence-electron chi connectivity index (χ2n) is 8.25. The maximum absolute atomic E-state index is 12.8. The summed E-state index contributed by atoms with van der Waals surface area (Å²) < 4.78 is 0.568. The summed E-state index contributed by atoms with van der Waals surface area (Å²) in [6, 6.07) is 0.641. The molecular weight excluding hydrogens is 334 g/mol. The van der Waals surface area contributed by atoms with Crippen molar-refractivity contribution in [2.45, 2.75) is 19.9 Å². The number of nitrogens with zero attached hydrogens (tertiary/aromatic N) is 5. The molecule has 0 spiro atoms. The highest BCUT2D eigenvalue weighted by Gasteiger charge is 2.37. The van der Waals surface area contributed by atoms with Gasteiger partial charge in [0.15, 0.2) is 6.54 Å². The second-order valence-corrected chi connectivity index (χ2v) is 8.25. The number of hydrogen-bond donors (Lipinski definition) is 1. The molecule has 8 nitrogen and oxygen atoms in total. The molecule has 2 amide bonds. The minimum atomic E-state index is -0.756. The van der Waals surface area contributed by atoms with Crippen LogP contribution in [0.3, 0.4) is 0 Å². The molecule has 0 unspecified atom stereocenters. The summed E-state index contributed by atoms with van der Waals surface area (Å²) in [7, 11) is 4.02. The molecule has 2 fully saturated rings. The highest BCUT2D eigenvalue weighted by Crippen LogP contribution is 2.16. The molecule has 26 heavy (non-hydrogen) atoms. The van der Waals surface area contributed by atoms with Gasteiger partial charge in [0.05, 0.1) is 32.7 Å². The number of carboxylic acids is 1. The molecule has 8 heteroatoms. The van der Waals surface area contributed by atoms with E-state index < -0.39 is 5.97 Å². The average molecular weight is 371 g/mol. The molecule has 0 aliphatic carbocycles. The lowest BCUT2D eigenvalue weighted by atomic mass is 10.2. The van der Waals surface area contributed by atoms with Crippen LogP contribution in [0.2, 0.25) is 0 Å². The average Bonchev–Trinajstić information content (AvgIpc) is 2.60. The van der Waals surface area contributed by atoms with Crippen molar-refractivity contribution in [2.75, 3.05) is 86.1 Å². The zero-order valence-corrected chi connectivity index (χ0v) is 16.9. The van der Waals surface area contributed by atoms with E-state index in [2.05, 4.69) is 23.6 Å². The van der Waals surface area contributed by atoms with Crippen LogP contribution in [0.25, 0.3) is 0 Å². The number of piperazine rings is 2. The number of urea groups is 1. The fourth-order valence-electron chi connectivity index (χ4n) is 3.87. The normalized spacial score (nSPS) is 21.5. The molecule has 2 rings (SSSR count). The maximum atomic E-state index is 12.8. The van der Waals surface area contributed by atoms with Crippen molar-refractivity contribution >= 4 is 12.0 Å². The number of rotatable bonds is 6.